The molecule has 0 spiro atoms. The first-order chi connectivity index (χ1) is 8.26. The van der Waals surface area contributed by atoms with Gasteiger partial charge in [-0.25, -0.2) is 0 Å². The molecule has 5 heteroatoms. The van der Waals surface area contributed by atoms with Gasteiger partial charge in [0.25, 0.3) is 0 Å². The van der Waals surface area contributed by atoms with E-state index in [-0.39, 0.29) is 30.1 Å². The van der Waals surface area contributed by atoms with E-state index in [1.54, 1.807) is 11.8 Å². The summed E-state index contributed by atoms with van der Waals surface area (Å²) in [5.41, 5.74) is -0.246. The standard InChI is InChI=1S/C13H24N2O3/c1-5-13(3,4)14-12(18)9(2)15(8-11(16)17)10-6-7-10/h9-10H,5-8H2,1-4H3,(H,14,18)(H,16,17). The number of rotatable bonds is 7. The van der Waals surface area contributed by atoms with Gasteiger partial charge in [-0.2, -0.15) is 0 Å². The minimum atomic E-state index is -0.878. The largest absolute Gasteiger partial charge is 0.480 e. The van der Waals surface area contributed by atoms with E-state index in [1.165, 1.54) is 0 Å². The number of carbonyl (C=O) groups is 2. The van der Waals surface area contributed by atoms with Crippen LogP contribution in [0.1, 0.15) is 47.0 Å². The monoisotopic (exact) mass is 256 g/mol. The van der Waals surface area contributed by atoms with Crippen LogP contribution in [0, 0.1) is 0 Å². The van der Waals surface area contributed by atoms with Gasteiger partial charge >= 0.3 is 5.97 Å². The molecule has 1 unspecified atom stereocenters. The zero-order chi connectivity index (χ0) is 13.9. The Hall–Kier alpha value is -1.10. The van der Waals surface area contributed by atoms with Crippen LogP contribution in [0.5, 0.6) is 0 Å². The fourth-order valence-electron chi connectivity index (χ4n) is 1.82. The van der Waals surface area contributed by atoms with E-state index in [1.807, 2.05) is 20.8 Å². The van der Waals surface area contributed by atoms with Gasteiger partial charge in [0.1, 0.15) is 0 Å². The molecule has 5 nitrogen and oxygen atoms in total. The lowest BCUT2D eigenvalue weighted by Crippen LogP contribution is -2.53. The van der Waals surface area contributed by atoms with E-state index in [2.05, 4.69) is 5.32 Å². The van der Waals surface area contributed by atoms with Crippen LogP contribution in [0.2, 0.25) is 0 Å². The van der Waals surface area contributed by atoms with Crippen molar-refractivity contribution in [1.29, 1.82) is 0 Å². The molecule has 0 aromatic heterocycles. The number of carboxylic acids is 1. The molecule has 0 radical (unpaired) electrons. The van der Waals surface area contributed by atoms with Crippen LogP contribution in [0.4, 0.5) is 0 Å². The van der Waals surface area contributed by atoms with E-state index >= 15 is 0 Å². The molecular weight excluding hydrogens is 232 g/mol. The van der Waals surface area contributed by atoms with E-state index < -0.39 is 5.97 Å². The molecule has 1 atom stereocenters. The van der Waals surface area contributed by atoms with Gasteiger partial charge in [0.15, 0.2) is 0 Å². The molecule has 0 heterocycles. The number of hydrogen-bond donors (Lipinski definition) is 2. The molecule has 1 aliphatic rings. The summed E-state index contributed by atoms with van der Waals surface area (Å²) in [5.74, 6) is -0.966. The van der Waals surface area contributed by atoms with Crippen LogP contribution in [-0.2, 0) is 9.59 Å². The predicted octanol–water partition coefficient (Wildman–Crippen LogP) is 1.23. The molecule has 0 saturated heterocycles. The van der Waals surface area contributed by atoms with Crippen LogP contribution in [0.3, 0.4) is 0 Å². The van der Waals surface area contributed by atoms with Gasteiger partial charge in [0.05, 0.1) is 12.6 Å². The zero-order valence-corrected chi connectivity index (χ0v) is 11.7. The summed E-state index contributed by atoms with van der Waals surface area (Å²) in [6.45, 7) is 7.67. The molecule has 18 heavy (non-hydrogen) atoms. The second kappa shape index (κ2) is 5.69. The Kier molecular flexibility index (Phi) is 4.73. The van der Waals surface area contributed by atoms with Crippen molar-refractivity contribution in [3.05, 3.63) is 0 Å². The number of carboxylic acid groups (broad SMARTS) is 1. The van der Waals surface area contributed by atoms with Gasteiger partial charge < -0.3 is 10.4 Å². The number of aliphatic carboxylic acids is 1. The number of amides is 1. The minimum absolute atomic E-state index is 0.0637. The molecule has 1 fully saturated rings. The molecule has 2 N–H and O–H groups in total. The predicted molar refractivity (Wildman–Crippen MR) is 69.3 cm³/mol. The van der Waals surface area contributed by atoms with Crippen molar-refractivity contribution >= 4 is 11.9 Å². The third-order valence-electron chi connectivity index (χ3n) is 3.56. The summed E-state index contributed by atoms with van der Waals surface area (Å²) in [6, 6.07) is -0.133. The minimum Gasteiger partial charge on any atom is -0.480 e. The molecule has 0 aliphatic heterocycles. The highest BCUT2D eigenvalue weighted by atomic mass is 16.4. The van der Waals surface area contributed by atoms with Crippen LogP contribution in [-0.4, -0.2) is 46.1 Å². The zero-order valence-electron chi connectivity index (χ0n) is 11.7. The highest BCUT2D eigenvalue weighted by Gasteiger charge is 2.37. The first kappa shape index (κ1) is 15.0. The number of hydrogen-bond acceptors (Lipinski definition) is 3. The molecule has 104 valence electrons. The van der Waals surface area contributed by atoms with Crippen LogP contribution in [0.25, 0.3) is 0 Å². The van der Waals surface area contributed by atoms with Gasteiger partial charge in [-0.3, -0.25) is 14.5 Å². The first-order valence-corrected chi connectivity index (χ1v) is 6.56. The highest BCUT2D eigenvalue weighted by Crippen LogP contribution is 2.28. The third-order valence-corrected chi connectivity index (χ3v) is 3.56. The Morgan fingerprint density at radius 3 is 2.39 bits per heavy atom. The molecular formula is C13H24N2O3. The summed E-state index contributed by atoms with van der Waals surface area (Å²) in [5, 5.41) is 11.9. The highest BCUT2D eigenvalue weighted by molar-refractivity contribution is 5.82. The lowest BCUT2D eigenvalue weighted by atomic mass is 10.0. The van der Waals surface area contributed by atoms with Gasteiger partial charge in [0.2, 0.25) is 5.91 Å². The van der Waals surface area contributed by atoms with E-state index in [9.17, 15) is 9.59 Å². The van der Waals surface area contributed by atoms with E-state index in [0.29, 0.717) is 0 Å². The van der Waals surface area contributed by atoms with Crippen LogP contribution >= 0.6 is 0 Å². The van der Waals surface area contributed by atoms with Crippen molar-refractivity contribution < 1.29 is 14.7 Å². The second-order valence-corrected chi connectivity index (χ2v) is 5.70. The number of nitrogens with zero attached hydrogens (tertiary/aromatic N) is 1. The Labute approximate surface area is 109 Å². The Morgan fingerprint density at radius 2 is 2.00 bits per heavy atom. The van der Waals surface area contributed by atoms with Gasteiger partial charge in [-0.05, 0) is 40.0 Å². The number of carbonyl (C=O) groups excluding carboxylic acids is 1. The van der Waals surface area contributed by atoms with Crippen molar-refractivity contribution in [2.75, 3.05) is 6.54 Å². The lowest BCUT2D eigenvalue weighted by Gasteiger charge is -2.31. The summed E-state index contributed by atoms with van der Waals surface area (Å²) < 4.78 is 0. The molecule has 1 rings (SSSR count). The quantitative estimate of drug-likeness (QED) is 0.719. The smallest absolute Gasteiger partial charge is 0.317 e. The van der Waals surface area contributed by atoms with Gasteiger partial charge in [0, 0.05) is 11.6 Å². The molecule has 1 amide bonds. The van der Waals surface area contributed by atoms with Gasteiger partial charge in [-0.15, -0.1) is 0 Å². The van der Waals surface area contributed by atoms with E-state index in [4.69, 9.17) is 5.11 Å². The fraction of sp³-hybridized carbons (Fsp3) is 0.846. The maximum Gasteiger partial charge on any atom is 0.317 e. The molecule has 1 saturated carbocycles. The Balaban J connectivity index is 2.62. The number of nitrogens with one attached hydrogen (secondary N) is 1. The van der Waals surface area contributed by atoms with Crippen molar-refractivity contribution in [1.82, 2.24) is 10.2 Å². The average molecular weight is 256 g/mol. The normalized spacial score (nSPS) is 17.6. The fourth-order valence-corrected chi connectivity index (χ4v) is 1.82. The Bertz CT molecular complexity index is 324. The summed E-state index contributed by atoms with van der Waals surface area (Å²) in [7, 11) is 0. The Morgan fingerprint density at radius 1 is 1.44 bits per heavy atom. The molecule has 0 aromatic rings. The van der Waals surface area contributed by atoms with E-state index in [0.717, 1.165) is 19.3 Å². The van der Waals surface area contributed by atoms with Crippen LogP contribution < -0.4 is 5.32 Å². The SMILES string of the molecule is CCC(C)(C)NC(=O)C(C)N(CC(=O)O)C1CC1. The average Bonchev–Trinajstić information content (AvgIpc) is 3.08. The van der Waals surface area contributed by atoms with Crippen molar-refractivity contribution in [3.8, 4) is 0 Å². The van der Waals surface area contributed by atoms with Crippen molar-refractivity contribution in [2.45, 2.75) is 64.6 Å². The topological polar surface area (TPSA) is 69.6 Å². The van der Waals surface area contributed by atoms with Crippen molar-refractivity contribution in [2.24, 2.45) is 0 Å². The summed E-state index contributed by atoms with van der Waals surface area (Å²) in [4.78, 5) is 24.7. The molecule has 0 aromatic carbocycles. The molecule has 0 bridgehead atoms. The lowest BCUT2D eigenvalue weighted by molar-refractivity contribution is -0.140. The summed E-state index contributed by atoms with van der Waals surface area (Å²) in [6.07, 6.45) is 2.82. The molecule has 1 aliphatic carbocycles. The van der Waals surface area contributed by atoms with Gasteiger partial charge in [-0.1, -0.05) is 6.92 Å². The second-order valence-electron chi connectivity index (χ2n) is 5.70. The van der Waals surface area contributed by atoms with Crippen molar-refractivity contribution in [3.63, 3.8) is 0 Å². The van der Waals surface area contributed by atoms with Crippen LogP contribution in [0.15, 0.2) is 0 Å². The summed E-state index contributed by atoms with van der Waals surface area (Å²) >= 11 is 0. The first-order valence-electron chi connectivity index (χ1n) is 6.56. The third kappa shape index (κ3) is 4.29. The maximum absolute atomic E-state index is 12.1. The maximum atomic E-state index is 12.1.